The van der Waals surface area contributed by atoms with Gasteiger partial charge in [0.05, 0.1) is 19.2 Å². The van der Waals surface area contributed by atoms with E-state index >= 15 is 0 Å². The van der Waals surface area contributed by atoms with Gasteiger partial charge in [0, 0.05) is 19.0 Å². The maximum atomic E-state index is 12.2. The van der Waals surface area contributed by atoms with Gasteiger partial charge in [-0.2, -0.15) is 4.98 Å². The van der Waals surface area contributed by atoms with Crippen molar-refractivity contribution in [3.63, 3.8) is 0 Å². The number of hydrogen-bond donors (Lipinski definition) is 1. The molecule has 1 aromatic heterocycles. The van der Waals surface area contributed by atoms with Crippen LogP contribution < -0.4 is 0 Å². The maximum Gasteiger partial charge on any atom is 0.236 e. The van der Waals surface area contributed by atoms with Gasteiger partial charge in [0.25, 0.3) is 0 Å². The van der Waals surface area contributed by atoms with Crippen molar-refractivity contribution in [2.75, 3.05) is 26.7 Å². The Morgan fingerprint density at radius 2 is 2.10 bits per heavy atom. The van der Waals surface area contributed by atoms with Crippen molar-refractivity contribution in [2.45, 2.75) is 44.2 Å². The Bertz CT molecular complexity index is 492. The van der Waals surface area contributed by atoms with Gasteiger partial charge in [-0.1, -0.05) is 5.16 Å². The van der Waals surface area contributed by atoms with Gasteiger partial charge in [-0.15, -0.1) is 0 Å². The second-order valence-electron chi connectivity index (χ2n) is 6.11. The highest BCUT2D eigenvalue weighted by molar-refractivity contribution is 5.78. The largest absolute Gasteiger partial charge is 0.393 e. The Labute approximate surface area is 123 Å². The smallest absolute Gasteiger partial charge is 0.236 e. The Hall–Kier alpha value is -1.47. The first kappa shape index (κ1) is 14.5. The summed E-state index contributed by atoms with van der Waals surface area (Å²) in [4.78, 5) is 20.2. The number of carbonyl (C=O) groups is 1. The van der Waals surface area contributed by atoms with Gasteiger partial charge >= 0.3 is 0 Å². The number of likely N-dealkylation sites (N-methyl/N-ethyl adjacent to an activating group) is 1. The van der Waals surface area contributed by atoms with Crippen molar-refractivity contribution in [3.8, 4) is 0 Å². The quantitative estimate of drug-likeness (QED) is 0.844. The van der Waals surface area contributed by atoms with Crippen LogP contribution in [-0.2, 0) is 11.3 Å². The molecule has 0 aromatic carbocycles. The molecule has 7 heteroatoms. The minimum Gasteiger partial charge on any atom is -0.393 e. The molecule has 0 radical (unpaired) electrons. The van der Waals surface area contributed by atoms with Crippen LogP contribution in [0.5, 0.6) is 0 Å². The predicted molar refractivity (Wildman–Crippen MR) is 74.4 cm³/mol. The summed E-state index contributed by atoms with van der Waals surface area (Å²) in [7, 11) is 1.88. The van der Waals surface area contributed by atoms with Gasteiger partial charge in [-0.25, -0.2) is 0 Å². The molecule has 1 N–H and O–H groups in total. The lowest BCUT2D eigenvalue weighted by Crippen LogP contribution is -2.44. The molecule has 0 atom stereocenters. The number of rotatable bonds is 5. The van der Waals surface area contributed by atoms with Crippen LogP contribution >= 0.6 is 0 Å². The average molecular weight is 294 g/mol. The molecule has 0 bridgehead atoms. The fourth-order valence-electron chi connectivity index (χ4n) is 2.57. The first-order valence-corrected chi connectivity index (χ1v) is 7.58. The summed E-state index contributed by atoms with van der Waals surface area (Å²) in [5.41, 5.74) is 0. The Balaban J connectivity index is 1.46. The van der Waals surface area contributed by atoms with Crippen LogP contribution in [0.1, 0.15) is 43.3 Å². The van der Waals surface area contributed by atoms with E-state index in [1.807, 2.05) is 16.8 Å². The number of carbonyl (C=O) groups excluding carboxylic acids is 1. The normalized spacial score (nSPS) is 20.2. The molecule has 1 aliphatic carbocycles. The lowest BCUT2D eigenvalue weighted by molar-refractivity contribution is -0.134. The molecule has 1 amide bonds. The third-order valence-corrected chi connectivity index (χ3v) is 4.04. The fourth-order valence-corrected chi connectivity index (χ4v) is 2.57. The Morgan fingerprint density at radius 3 is 2.76 bits per heavy atom. The van der Waals surface area contributed by atoms with Crippen LogP contribution in [0.15, 0.2) is 4.52 Å². The maximum absolute atomic E-state index is 12.2. The summed E-state index contributed by atoms with van der Waals surface area (Å²) in [6.07, 6.45) is 3.36. The van der Waals surface area contributed by atoms with Crippen molar-refractivity contribution >= 4 is 5.91 Å². The van der Waals surface area contributed by atoms with E-state index < -0.39 is 0 Å². The lowest BCUT2D eigenvalue weighted by Gasteiger charge is -2.30. The van der Waals surface area contributed by atoms with Crippen LogP contribution in [0, 0.1) is 0 Å². The molecule has 0 unspecified atom stereocenters. The number of aromatic nitrogens is 2. The summed E-state index contributed by atoms with van der Waals surface area (Å²) >= 11 is 0. The molecule has 116 valence electrons. The molecule has 2 fully saturated rings. The van der Waals surface area contributed by atoms with Crippen molar-refractivity contribution in [1.29, 1.82) is 0 Å². The number of piperidine rings is 1. The number of likely N-dealkylation sites (tertiary alicyclic amines) is 1. The third-order valence-electron chi connectivity index (χ3n) is 4.04. The molecule has 3 rings (SSSR count). The second kappa shape index (κ2) is 6.11. The van der Waals surface area contributed by atoms with E-state index in [1.165, 1.54) is 0 Å². The average Bonchev–Trinajstić information content (AvgIpc) is 3.20. The Kier molecular flexibility index (Phi) is 4.21. The zero-order valence-electron chi connectivity index (χ0n) is 12.4. The Morgan fingerprint density at radius 1 is 1.38 bits per heavy atom. The molecule has 7 nitrogen and oxygen atoms in total. The molecule has 2 aliphatic rings. The van der Waals surface area contributed by atoms with E-state index in [0.29, 0.717) is 50.8 Å². The van der Waals surface area contributed by atoms with Crippen LogP contribution in [0.4, 0.5) is 0 Å². The molecule has 21 heavy (non-hydrogen) atoms. The summed E-state index contributed by atoms with van der Waals surface area (Å²) in [5.74, 6) is 1.92. The molecule has 1 saturated carbocycles. The third kappa shape index (κ3) is 3.79. The summed E-state index contributed by atoms with van der Waals surface area (Å²) in [6.45, 7) is 2.13. The van der Waals surface area contributed by atoms with E-state index in [2.05, 4.69) is 10.1 Å². The molecular weight excluding hydrogens is 272 g/mol. The molecule has 1 aliphatic heterocycles. The number of hydrogen-bond acceptors (Lipinski definition) is 6. The number of aliphatic hydroxyl groups is 1. The van der Waals surface area contributed by atoms with Gasteiger partial charge in [-0.05, 0) is 32.7 Å². The van der Waals surface area contributed by atoms with Crippen LogP contribution in [0.25, 0.3) is 0 Å². The van der Waals surface area contributed by atoms with Gasteiger partial charge in [0.15, 0.2) is 5.82 Å². The van der Waals surface area contributed by atoms with Crippen LogP contribution in [0.3, 0.4) is 0 Å². The number of nitrogens with zero attached hydrogens (tertiary/aromatic N) is 4. The highest BCUT2D eigenvalue weighted by Gasteiger charge is 2.30. The van der Waals surface area contributed by atoms with Crippen molar-refractivity contribution < 1.29 is 14.4 Å². The van der Waals surface area contributed by atoms with Gasteiger partial charge in [0.2, 0.25) is 11.8 Å². The topological polar surface area (TPSA) is 82.7 Å². The minimum atomic E-state index is -0.257. The summed E-state index contributed by atoms with van der Waals surface area (Å²) < 4.78 is 5.21. The first-order valence-electron chi connectivity index (χ1n) is 7.58. The van der Waals surface area contributed by atoms with Gasteiger partial charge in [-0.3, -0.25) is 9.69 Å². The molecule has 1 saturated heterocycles. The van der Waals surface area contributed by atoms with E-state index in [9.17, 15) is 9.90 Å². The summed E-state index contributed by atoms with van der Waals surface area (Å²) in [5, 5.41) is 13.4. The fraction of sp³-hybridized carbons (Fsp3) is 0.786. The van der Waals surface area contributed by atoms with E-state index in [-0.39, 0.29) is 12.0 Å². The molecule has 0 spiro atoms. The predicted octanol–water partition coefficient (Wildman–Crippen LogP) is 0.362. The molecule has 1 aromatic rings. The van der Waals surface area contributed by atoms with Crippen molar-refractivity contribution in [2.24, 2.45) is 0 Å². The lowest BCUT2D eigenvalue weighted by atomic mass is 10.1. The van der Waals surface area contributed by atoms with E-state index in [0.717, 1.165) is 18.7 Å². The SMILES string of the molecule is CN(CC(=O)N1CCC(O)CC1)Cc1noc(C2CC2)n1. The van der Waals surface area contributed by atoms with Crippen molar-refractivity contribution in [3.05, 3.63) is 11.7 Å². The minimum absolute atomic E-state index is 0.0929. The summed E-state index contributed by atoms with van der Waals surface area (Å²) in [6, 6.07) is 0. The molecule has 2 heterocycles. The zero-order valence-corrected chi connectivity index (χ0v) is 12.4. The van der Waals surface area contributed by atoms with Gasteiger partial charge < -0.3 is 14.5 Å². The van der Waals surface area contributed by atoms with Gasteiger partial charge in [0.1, 0.15) is 0 Å². The van der Waals surface area contributed by atoms with Crippen LogP contribution in [-0.4, -0.2) is 63.7 Å². The van der Waals surface area contributed by atoms with E-state index in [4.69, 9.17) is 4.52 Å². The zero-order chi connectivity index (χ0) is 14.8. The highest BCUT2D eigenvalue weighted by Crippen LogP contribution is 2.38. The molecular formula is C14H22N4O3. The standard InChI is InChI=1S/C14H22N4O3/c1-17(8-12-15-14(21-16-12)10-2-3-10)9-13(20)18-6-4-11(19)5-7-18/h10-11,19H,2-9H2,1H3. The van der Waals surface area contributed by atoms with E-state index in [1.54, 1.807) is 0 Å². The van der Waals surface area contributed by atoms with Crippen LogP contribution in [0.2, 0.25) is 0 Å². The van der Waals surface area contributed by atoms with Crippen molar-refractivity contribution in [1.82, 2.24) is 19.9 Å². The number of amides is 1. The second-order valence-corrected chi connectivity index (χ2v) is 6.11. The monoisotopic (exact) mass is 294 g/mol. The number of aliphatic hydroxyl groups excluding tert-OH is 1. The first-order chi connectivity index (χ1) is 10.1. The highest BCUT2D eigenvalue weighted by atomic mass is 16.5.